The third kappa shape index (κ3) is 5.52. The van der Waals surface area contributed by atoms with Crippen molar-refractivity contribution < 1.29 is 14.4 Å². The second-order valence-electron chi connectivity index (χ2n) is 7.05. The summed E-state index contributed by atoms with van der Waals surface area (Å²) in [5.74, 6) is -0.562. The summed E-state index contributed by atoms with van der Waals surface area (Å²) in [6, 6.07) is 13.2. The van der Waals surface area contributed by atoms with Gasteiger partial charge in [0.1, 0.15) is 6.04 Å². The Hall–Kier alpha value is -2.57. The minimum absolute atomic E-state index is 0.142. The summed E-state index contributed by atoms with van der Waals surface area (Å²) in [6.07, 6.45) is 1.97. The van der Waals surface area contributed by atoms with Gasteiger partial charge >= 0.3 is 0 Å². The molecular formula is C22H23Cl2N3O3. The highest BCUT2D eigenvalue weighted by atomic mass is 35.5. The van der Waals surface area contributed by atoms with Gasteiger partial charge in [-0.3, -0.25) is 14.4 Å². The molecule has 2 N–H and O–H groups in total. The fraction of sp³-hybridized carbons (Fsp3) is 0.318. The Labute approximate surface area is 185 Å². The summed E-state index contributed by atoms with van der Waals surface area (Å²) < 4.78 is 0. The molecule has 1 heterocycles. The van der Waals surface area contributed by atoms with Crippen LogP contribution in [0.1, 0.15) is 40.0 Å². The largest absolute Gasteiger partial charge is 0.354 e. The van der Waals surface area contributed by atoms with Crippen LogP contribution in [-0.2, 0) is 4.79 Å². The van der Waals surface area contributed by atoms with Gasteiger partial charge in [-0.05, 0) is 49.6 Å². The molecule has 1 aliphatic heterocycles. The number of likely N-dealkylation sites (tertiary alicyclic amines) is 1. The molecule has 0 unspecified atom stereocenters. The topological polar surface area (TPSA) is 78.5 Å². The number of hydrogen-bond acceptors (Lipinski definition) is 3. The number of nitrogens with zero attached hydrogens (tertiary/aromatic N) is 1. The summed E-state index contributed by atoms with van der Waals surface area (Å²) in [4.78, 5) is 39.0. The molecule has 0 bridgehead atoms. The maximum atomic E-state index is 12.8. The van der Waals surface area contributed by atoms with Crippen molar-refractivity contribution in [1.82, 2.24) is 15.5 Å². The molecule has 2 aromatic rings. The number of nitrogens with one attached hydrogen (secondary N) is 2. The van der Waals surface area contributed by atoms with E-state index in [1.54, 1.807) is 29.2 Å². The van der Waals surface area contributed by atoms with E-state index in [4.69, 9.17) is 23.2 Å². The fourth-order valence-corrected chi connectivity index (χ4v) is 3.69. The third-order valence-corrected chi connectivity index (χ3v) is 5.70. The fourth-order valence-electron chi connectivity index (χ4n) is 3.39. The first-order valence-electron chi connectivity index (χ1n) is 9.84. The Balaban J connectivity index is 1.45. The molecule has 2 aromatic carbocycles. The lowest BCUT2D eigenvalue weighted by Crippen LogP contribution is -2.46. The van der Waals surface area contributed by atoms with E-state index < -0.39 is 6.04 Å². The zero-order valence-corrected chi connectivity index (χ0v) is 17.9. The first-order chi connectivity index (χ1) is 14.5. The minimum atomic E-state index is -0.508. The van der Waals surface area contributed by atoms with E-state index >= 15 is 0 Å². The standard InChI is InChI=1S/C22H23Cl2N3O3/c23-17-10-9-16(14-18(17)24)22(30)27-13-4-8-19(27)21(29)26-12-5-11-25-20(28)15-6-2-1-3-7-15/h1-3,6-7,9-10,14,19H,4-5,8,11-13H2,(H,25,28)(H,26,29)/t19-/m0/s1. The molecule has 158 valence electrons. The molecule has 0 aromatic heterocycles. The van der Waals surface area contributed by atoms with E-state index in [0.717, 1.165) is 6.42 Å². The average Bonchev–Trinajstić information content (AvgIpc) is 3.25. The molecule has 8 heteroatoms. The van der Waals surface area contributed by atoms with E-state index in [0.29, 0.717) is 53.6 Å². The number of amides is 3. The van der Waals surface area contributed by atoms with Crippen LogP contribution in [0.3, 0.4) is 0 Å². The molecule has 3 amide bonds. The molecular weight excluding hydrogens is 425 g/mol. The number of rotatable bonds is 7. The van der Waals surface area contributed by atoms with Crippen LogP contribution in [0, 0.1) is 0 Å². The molecule has 6 nitrogen and oxygen atoms in total. The van der Waals surface area contributed by atoms with E-state index in [9.17, 15) is 14.4 Å². The lowest BCUT2D eigenvalue weighted by Gasteiger charge is -2.24. The molecule has 1 saturated heterocycles. The highest BCUT2D eigenvalue weighted by Gasteiger charge is 2.34. The van der Waals surface area contributed by atoms with Gasteiger partial charge in [0.15, 0.2) is 0 Å². The van der Waals surface area contributed by atoms with Crippen molar-refractivity contribution in [1.29, 1.82) is 0 Å². The molecule has 0 spiro atoms. The van der Waals surface area contributed by atoms with Gasteiger partial charge in [0.2, 0.25) is 5.91 Å². The van der Waals surface area contributed by atoms with Crippen LogP contribution in [-0.4, -0.2) is 48.3 Å². The quantitative estimate of drug-likeness (QED) is 0.637. The van der Waals surface area contributed by atoms with Crippen molar-refractivity contribution in [3.8, 4) is 0 Å². The summed E-state index contributed by atoms with van der Waals surface area (Å²) in [5, 5.41) is 6.37. The lowest BCUT2D eigenvalue weighted by atomic mass is 10.1. The van der Waals surface area contributed by atoms with Crippen LogP contribution in [0.2, 0.25) is 10.0 Å². The Bertz CT molecular complexity index is 921. The maximum Gasteiger partial charge on any atom is 0.254 e. The van der Waals surface area contributed by atoms with Gasteiger partial charge < -0.3 is 15.5 Å². The smallest absolute Gasteiger partial charge is 0.254 e. The van der Waals surface area contributed by atoms with Crippen LogP contribution in [0.4, 0.5) is 0 Å². The average molecular weight is 448 g/mol. The van der Waals surface area contributed by atoms with Crippen molar-refractivity contribution >= 4 is 40.9 Å². The Morgan fingerprint density at radius 2 is 1.67 bits per heavy atom. The molecule has 0 aliphatic carbocycles. The molecule has 1 fully saturated rings. The van der Waals surface area contributed by atoms with Crippen molar-refractivity contribution in [2.45, 2.75) is 25.3 Å². The molecule has 1 atom stereocenters. The summed E-state index contributed by atoms with van der Waals surface area (Å²) in [5.41, 5.74) is 1.01. The second kappa shape index (κ2) is 10.5. The number of carbonyl (C=O) groups is 3. The van der Waals surface area contributed by atoms with Crippen LogP contribution in [0.15, 0.2) is 48.5 Å². The van der Waals surface area contributed by atoms with Gasteiger partial charge in [-0.25, -0.2) is 0 Å². The van der Waals surface area contributed by atoms with Crippen LogP contribution in [0.25, 0.3) is 0 Å². The summed E-state index contributed by atoms with van der Waals surface area (Å²) in [6.45, 7) is 1.38. The predicted octanol–water partition coefficient (Wildman–Crippen LogP) is 3.53. The van der Waals surface area contributed by atoms with Crippen LogP contribution >= 0.6 is 23.2 Å². The van der Waals surface area contributed by atoms with Gasteiger partial charge in [-0.2, -0.15) is 0 Å². The summed E-state index contributed by atoms with van der Waals surface area (Å²) in [7, 11) is 0. The normalized spacial score (nSPS) is 15.7. The highest BCUT2D eigenvalue weighted by Crippen LogP contribution is 2.25. The molecule has 0 radical (unpaired) electrons. The van der Waals surface area contributed by atoms with Crippen LogP contribution in [0.5, 0.6) is 0 Å². The molecule has 1 aliphatic rings. The van der Waals surface area contributed by atoms with Gasteiger partial charge in [-0.1, -0.05) is 41.4 Å². The summed E-state index contributed by atoms with van der Waals surface area (Å²) >= 11 is 11.9. The van der Waals surface area contributed by atoms with Gasteiger partial charge in [0.05, 0.1) is 10.0 Å². The van der Waals surface area contributed by atoms with Crippen molar-refractivity contribution in [2.24, 2.45) is 0 Å². The number of carbonyl (C=O) groups excluding carboxylic acids is 3. The highest BCUT2D eigenvalue weighted by molar-refractivity contribution is 6.42. The van der Waals surface area contributed by atoms with E-state index in [1.807, 2.05) is 18.2 Å². The number of benzene rings is 2. The van der Waals surface area contributed by atoms with E-state index in [2.05, 4.69) is 10.6 Å². The Morgan fingerprint density at radius 3 is 2.40 bits per heavy atom. The zero-order chi connectivity index (χ0) is 21.5. The zero-order valence-electron chi connectivity index (χ0n) is 16.4. The SMILES string of the molecule is O=C(NCCCNC(=O)[C@@H]1CCCN1C(=O)c1ccc(Cl)c(Cl)c1)c1ccccc1. The Kier molecular flexibility index (Phi) is 7.71. The van der Waals surface area contributed by atoms with Crippen LogP contribution < -0.4 is 10.6 Å². The van der Waals surface area contributed by atoms with Crippen molar-refractivity contribution in [3.63, 3.8) is 0 Å². The van der Waals surface area contributed by atoms with Gasteiger partial charge in [-0.15, -0.1) is 0 Å². The third-order valence-electron chi connectivity index (χ3n) is 4.96. The second-order valence-corrected chi connectivity index (χ2v) is 7.87. The van der Waals surface area contributed by atoms with Crippen molar-refractivity contribution in [2.75, 3.05) is 19.6 Å². The monoisotopic (exact) mass is 447 g/mol. The lowest BCUT2D eigenvalue weighted by molar-refractivity contribution is -0.124. The minimum Gasteiger partial charge on any atom is -0.354 e. The van der Waals surface area contributed by atoms with Gasteiger partial charge in [0.25, 0.3) is 11.8 Å². The number of hydrogen-bond donors (Lipinski definition) is 2. The first kappa shape index (κ1) is 22.1. The van der Waals surface area contributed by atoms with Gasteiger partial charge in [0, 0.05) is 30.8 Å². The Morgan fingerprint density at radius 1 is 0.933 bits per heavy atom. The van der Waals surface area contributed by atoms with Crippen molar-refractivity contribution in [3.05, 3.63) is 69.7 Å². The number of halogens is 2. The van der Waals surface area contributed by atoms with E-state index in [-0.39, 0.29) is 17.7 Å². The van der Waals surface area contributed by atoms with E-state index in [1.165, 1.54) is 6.07 Å². The molecule has 0 saturated carbocycles. The predicted molar refractivity (Wildman–Crippen MR) is 117 cm³/mol. The first-order valence-corrected chi connectivity index (χ1v) is 10.6. The molecule has 3 rings (SSSR count). The maximum absolute atomic E-state index is 12.8. The molecule has 30 heavy (non-hydrogen) atoms.